The highest BCUT2D eigenvalue weighted by atomic mass is 19.1. The lowest BCUT2D eigenvalue weighted by molar-refractivity contribution is -0.116. The molecule has 0 unspecified atom stereocenters. The second-order valence-corrected chi connectivity index (χ2v) is 6.47. The van der Waals surface area contributed by atoms with Gasteiger partial charge >= 0.3 is 0 Å². The summed E-state index contributed by atoms with van der Waals surface area (Å²) in [7, 11) is 3.26. The maximum absolute atomic E-state index is 13.4. The van der Waals surface area contributed by atoms with Crippen LogP contribution < -0.4 is 15.9 Å². The molecule has 7 nitrogen and oxygen atoms in total. The molecule has 0 aliphatic rings. The largest absolute Gasteiger partial charge is 0.383 e. The number of nitrogens with zero attached hydrogens (tertiary/aromatic N) is 3. The van der Waals surface area contributed by atoms with Gasteiger partial charge in [-0.05, 0) is 29.8 Å². The second-order valence-electron chi connectivity index (χ2n) is 6.47. The van der Waals surface area contributed by atoms with Gasteiger partial charge in [0, 0.05) is 26.8 Å². The van der Waals surface area contributed by atoms with E-state index in [1.54, 1.807) is 43.3 Å². The normalized spacial score (nSPS) is 10.9. The van der Waals surface area contributed by atoms with Gasteiger partial charge in [-0.3, -0.25) is 15.0 Å². The molecule has 1 N–H and O–H groups in total. The molecule has 0 aliphatic carbocycles. The Hall–Kier alpha value is -3.33. The van der Waals surface area contributed by atoms with Gasteiger partial charge in [-0.1, -0.05) is 12.1 Å². The topological polar surface area (TPSA) is 76.5 Å². The van der Waals surface area contributed by atoms with E-state index in [1.807, 2.05) is 0 Å². The van der Waals surface area contributed by atoms with Crippen molar-refractivity contribution in [1.82, 2.24) is 9.66 Å². The Morgan fingerprint density at radius 3 is 2.59 bits per heavy atom. The highest BCUT2D eigenvalue weighted by Crippen LogP contribution is 2.14. The van der Waals surface area contributed by atoms with E-state index in [0.717, 1.165) is 22.9 Å². The van der Waals surface area contributed by atoms with Crippen molar-refractivity contribution in [2.45, 2.75) is 6.42 Å². The quantitative estimate of drug-likeness (QED) is 0.655. The molecular formula is C20H20F2N4O3. The lowest BCUT2D eigenvalue weighted by atomic mass is 10.1. The van der Waals surface area contributed by atoms with Crippen LogP contribution in [0, 0.1) is 11.6 Å². The number of carbonyl (C=O) groups excluding carboxylic acids is 1. The Balaban J connectivity index is 1.96. The molecule has 152 valence electrons. The van der Waals surface area contributed by atoms with Crippen molar-refractivity contribution in [1.29, 1.82) is 0 Å². The number of amides is 1. The molecule has 0 radical (unpaired) electrons. The van der Waals surface area contributed by atoms with Crippen LogP contribution in [-0.2, 0) is 16.0 Å². The molecule has 0 saturated carbocycles. The van der Waals surface area contributed by atoms with Crippen LogP contribution in [0.15, 0.2) is 47.3 Å². The number of likely N-dealkylation sites (N-methyl/N-ethyl adjacent to an activating group) is 1. The van der Waals surface area contributed by atoms with E-state index in [4.69, 9.17) is 4.74 Å². The number of hydrogen-bond acceptors (Lipinski definition) is 5. The first-order valence-electron chi connectivity index (χ1n) is 8.85. The molecule has 0 saturated heterocycles. The first-order chi connectivity index (χ1) is 13.9. The maximum Gasteiger partial charge on any atom is 0.281 e. The van der Waals surface area contributed by atoms with E-state index < -0.39 is 23.1 Å². The van der Waals surface area contributed by atoms with Gasteiger partial charge in [-0.25, -0.2) is 13.8 Å². The van der Waals surface area contributed by atoms with Crippen molar-refractivity contribution in [3.05, 3.63) is 70.0 Å². The fourth-order valence-corrected chi connectivity index (χ4v) is 2.87. The number of halogens is 2. The van der Waals surface area contributed by atoms with Gasteiger partial charge in [0.1, 0.15) is 11.6 Å². The van der Waals surface area contributed by atoms with Crippen molar-refractivity contribution in [3.8, 4) is 0 Å². The summed E-state index contributed by atoms with van der Waals surface area (Å²) < 4.78 is 32.9. The number of ether oxygens (including phenoxy) is 1. The van der Waals surface area contributed by atoms with Crippen molar-refractivity contribution in [2.75, 3.05) is 37.6 Å². The third-order valence-electron chi connectivity index (χ3n) is 4.25. The minimum Gasteiger partial charge on any atom is -0.383 e. The second kappa shape index (κ2) is 8.78. The molecule has 2 aromatic carbocycles. The number of rotatable bonds is 7. The van der Waals surface area contributed by atoms with Gasteiger partial charge in [0.25, 0.3) is 5.56 Å². The van der Waals surface area contributed by atoms with E-state index >= 15 is 0 Å². The van der Waals surface area contributed by atoms with E-state index in [1.165, 1.54) is 0 Å². The van der Waals surface area contributed by atoms with E-state index in [2.05, 4.69) is 10.4 Å². The first-order valence-corrected chi connectivity index (χ1v) is 8.85. The summed E-state index contributed by atoms with van der Waals surface area (Å²) in [5.41, 5.74) is 2.66. The molecule has 29 heavy (non-hydrogen) atoms. The Kier molecular flexibility index (Phi) is 6.18. The molecular weight excluding hydrogens is 382 g/mol. The van der Waals surface area contributed by atoms with Gasteiger partial charge in [-0.15, -0.1) is 0 Å². The Morgan fingerprint density at radius 1 is 1.21 bits per heavy atom. The summed E-state index contributed by atoms with van der Waals surface area (Å²) in [6, 6.07) is 9.62. The average molecular weight is 402 g/mol. The summed E-state index contributed by atoms with van der Waals surface area (Å²) in [6.07, 6.45) is -0.310. The van der Waals surface area contributed by atoms with Crippen molar-refractivity contribution >= 4 is 22.8 Å². The van der Waals surface area contributed by atoms with E-state index in [0.29, 0.717) is 24.1 Å². The predicted octanol–water partition coefficient (Wildman–Crippen LogP) is 2.07. The highest BCUT2D eigenvalue weighted by molar-refractivity contribution is 5.87. The maximum atomic E-state index is 13.4. The number of anilines is 1. The zero-order chi connectivity index (χ0) is 21.0. The summed E-state index contributed by atoms with van der Waals surface area (Å²) in [5.74, 6) is -1.96. The zero-order valence-corrected chi connectivity index (χ0v) is 16.0. The average Bonchev–Trinajstić information content (AvgIpc) is 2.67. The Bertz CT molecular complexity index is 1080. The van der Waals surface area contributed by atoms with Crippen LogP contribution in [0.3, 0.4) is 0 Å². The molecule has 0 aliphatic heterocycles. The van der Waals surface area contributed by atoms with Gasteiger partial charge in [0.05, 0.1) is 23.9 Å². The molecule has 1 aromatic heterocycles. The molecule has 0 spiro atoms. The lowest BCUT2D eigenvalue weighted by Crippen LogP contribution is -2.39. The summed E-state index contributed by atoms with van der Waals surface area (Å²) in [5, 5.41) is 0.327. The standard InChI is InChI=1S/C20H20F2N4O3/c1-25(7-8-29-2)20-23-17-6-4-3-5-16(17)19(28)26(20)24-18(27)11-13-9-14(21)12-15(22)10-13/h3-6,9-10,12H,7-8,11H2,1-2H3,(H,24,27). The number of hydrogen-bond donors (Lipinski definition) is 1. The Labute approximate surface area is 165 Å². The molecule has 9 heteroatoms. The van der Waals surface area contributed by atoms with Crippen molar-refractivity contribution in [2.24, 2.45) is 0 Å². The van der Waals surface area contributed by atoms with Crippen LogP contribution in [0.2, 0.25) is 0 Å². The monoisotopic (exact) mass is 402 g/mol. The smallest absolute Gasteiger partial charge is 0.281 e. The lowest BCUT2D eigenvalue weighted by Gasteiger charge is -2.22. The minimum atomic E-state index is -0.780. The molecule has 0 bridgehead atoms. The number of methoxy groups -OCH3 is 1. The number of nitrogens with one attached hydrogen (secondary N) is 1. The third kappa shape index (κ3) is 4.75. The number of para-hydroxylation sites is 1. The molecule has 3 aromatic rings. The predicted molar refractivity (Wildman–Crippen MR) is 106 cm³/mol. The summed E-state index contributed by atoms with van der Waals surface area (Å²) >= 11 is 0. The number of benzene rings is 2. The molecule has 0 atom stereocenters. The molecule has 1 heterocycles. The van der Waals surface area contributed by atoms with Crippen LogP contribution in [0.4, 0.5) is 14.7 Å². The zero-order valence-electron chi connectivity index (χ0n) is 16.0. The molecule has 0 fully saturated rings. The SMILES string of the molecule is COCCN(C)c1nc2ccccc2c(=O)n1NC(=O)Cc1cc(F)cc(F)c1. The van der Waals surface area contributed by atoms with Gasteiger partial charge in [0.2, 0.25) is 11.9 Å². The number of fused-ring (bicyclic) bond motifs is 1. The van der Waals surface area contributed by atoms with Crippen LogP contribution >= 0.6 is 0 Å². The van der Waals surface area contributed by atoms with E-state index in [9.17, 15) is 18.4 Å². The Morgan fingerprint density at radius 2 is 1.90 bits per heavy atom. The molecule has 1 amide bonds. The summed E-state index contributed by atoms with van der Waals surface area (Å²) in [4.78, 5) is 31.6. The van der Waals surface area contributed by atoms with Crippen LogP contribution in [0.5, 0.6) is 0 Å². The first kappa shape index (κ1) is 20.4. The fourth-order valence-electron chi connectivity index (χ4n) is 2.87. The fraction of sp³-hybridized carbons (Fsp3) is 0.250. The van der Waals surface area contributed by atoms with Gasteiger partial charge in [0.15, 0.2) is 0 Å². The highest BCUT2D eigenvalue weighted by Gasteiger charge is 2.17. The van der Waals surface area contributed by atoms with Crippen molar-refractivity contribution < 1.29 is 18.3 Å². The summed E-state index contributed by atoms with van der Waals surface area (Å²) in [6.45, 7) is 0.808. The van der Waals surface area contributed by atoms with Crippen molar-refractivity contribution in [3.63, 3.8) is 0 Å². The van der Waals surface area contributed by atoms with Gasteiger partial charge < -0.3 is 9.64 Å². The van der Waals surface area contributed by atoms with Crippen LogP contribution in [-0.4, -0.2) is 42.9 Å². The van der Waals surface area contributed by atoms with Gasteiger partial charge in [-0.2, -0.15) is 4.68 Å². The molecule has 3 rings (SSSR count). The third-order valence-corrected chi connectivity index (χ3v) is 4.25. The number of carbonyl (C=O) groups is 1. The minimum absolute atomic E-state index is 0.149. The van der Waals surface area contributed by atoms with Crippen LogP contribution in [0.1, 0.15) is 5.56 Å². The van der Waals surface area contributed by atoms with Crippen LogP contribution in [0.25, 0.3) is 10.9 Å². The number of aromatic nitrogens is 2. The van der Waals surface area contributed by atoms with E-state index in [-0.39, 0.29) is 17.9 Å².